The summed E-state index contributed by atoms with van der Waals surface area (Å²) in [5, 5.41) is 17.3. The first-order valence-electron chi connectivity index (χ1n) is 5.23. The van der Waals surface area contributed by atoms with E-state index >= 15 is 0 Å². The lowest BCUT2D eigenvalue weighted by molar-refractivity contribution is 0.433. The summed E-state index contributed by atoms with van der Waals surface area (Å²) in [6.07, 6.45) is 3.69. The minimum absolute atomic E-state index is 0.167. The maximum atomic E-state index is 3.94. The molecule has 0 saturated heterocycles. The van der Waals surface area contributed by atoms with Gasteiger partial charge < -0.3 is 5.32 Å². The van der Waals surface area contributed by atoms with Crippen molar-refractivity contribution < 1.29 is 0 Å². The lowest BCUT2D eigenvalue weighted by Gasteiger charge is -2.16. The normalized spacial score (nSPS) is 15.4. The molecule has 0 aliphatic heterocycles. The Morgan fingerprint density at radius 2 is 2.21 bits per heavy atom. The van der Waals surface area contributed by atoms with E-state index in [-0.39, 0.29) is 6.04 Å². The van der Waals surface area contributed by atoms with Crippen LogP contribution in [0.25, 0.3) is 0 Å². The molecular formula is C9H19N5. The molecule has 0 saturated carbocycles. The first-order valence-corrected chi connectivity index (χ1v) is 5.23. The van der Waals surface area contributed by atoms with E-state index in [4.69, 9.17) is 0 Å². The predicted molar refractivity (Wildman–Crippen MR) is 54.7 cm³/mol. The number of aromatic nitrogens is 4. The van der Waals surface area contributed by atoms with Gasteiger partial charge in [-0.2, -0.15) is 5.21 Å². The summed E-state index contributed by atoms with van der Waals surface area (Å²) in [4.78, 5) is 0. The third-order valence-corrected chi connectivity index (χ3v) is 2.27. The van der Waals surface area contributed by atoms with Crippen LogP contribution < -0.4 is 5.32 Å². The van der Waals surface area contributed by atoms with Gasteiger partial charge in [-0.1, -0.05) is 25.0 Å². The molecule has 2 atom stereocenters. The molecule has 2 N–H and O–H groups in total. The fourth-order valence-corrected chi connectivity index (χ4v) is 1.45. The Kier molecular flexibility index (Phi) is 4.52. The molecule has 1 aromatic heterocycles. The Labute approximate surface area is 84.7 Å². The highest BCUT2D eigenvalue weighted by molar-refractivity contribution is 4.86. The van der Waals surface area contributed by atoms with Gasteiger partial charge in [-0.25, -0.2) is 0 Å². The fraction of sp³-hybridized carbons (Fsp3) is 0.889. The molecule has 0 aliphatic carbocycles. The SMILES string of the molecule is CCCCC(C)NC(C)c1nn[nH]n1. The van der Waals surface area contributed by atoms with E-state index in [0.717, 1.165) is 5.82 Å². The lowest BCUT2D eigenvalue weighted by atomic mass is 10.1. The van der Waals surface area contributed by atoms with Gasteiger partial charge in [0.15, 0.2) is 5.82 Å². The van der Waals surface area contributed by atoms with Gasteiger partial charge in [0.05, 0.1) is 6.04 Å². The fourth-order valence-electron chi connectivity index (χ4n) is 1.45. The Morgan fingerprint density at radius 3 is 2.79 bits per heavy atom. The van der Waals surface area contributed by atoms with Gasteiger partial charge in [-0.15, -0.1) is 10.2 Å². The third kappa shape index (κ3) is 3.41. The Morgan fingerprint density at radius 1 is 1.43 bits per heavy atom. The molecular weight excluding hydrogens is 178 g/mol. The van der Waals surface area contributed by atoms with Crippen molar-refractivity contribution in [1.29, 1.82) is 0 Å². The minimum Gasteiger partial charge on any atom is -0.305 e. The standard InChI is InChI=1S/C9H19N5/c1-4-5-6-7(2)10-8(3)9-11-13-14-12-9/h7-8,10H,4-6H2,1-3H3,(H,11,12,13,14). The van der Waals surface area contributed by atoms with Gasteiger partial charge in [-0.05, 0) is 20.3 Å². The summed E-state index contributed by atoms with van der Waals surface area (Å²) in [5.74, 6) is 0.730. The van der Waals surface area contributed by atoms with Crippen molar-refractivity contribution in [1.82, 2.24) is 25.9 Å². The van der Waals surface area contributed by atoms with Gasteiger partial charge in [-0.3, -0.25) is 0 Å². The van der Waals surface area contributed by atoms with Crippen molar-refractivity contribution in [2.24, 2.45) is 0 Å². The van der Waals surface area contributed by atoms with Crippen LogP contribution in [0.5, 0.6) is 0 Å². The van der Waals surface area contributed by atoms with Gasteiger partial charge in [0.25, 0.3) is 0 Å². The highest BCUT2D eigenvalue weighted by atomic mass is 15.5. The van der Waals surface area contributed by atoms with E-state index < -0.39 is 0 Å². The molecule has 0 amide bonds. The molecule has 5 heteroatoms. The molecule has 0 aliphatic rings. The molecule has 2 unspecified atom stereocenters. The molecule has 1 heterocycles. The monoisotopic (exact) mass is 197 g/mol. The highest BCUT2D eigenvalue weighted by Crippen LogP contribution is 2.08. The van der Waals surface area contributed by atoms with Crippen LogP contribution in [0.1, 0.15) is 51.9 Å². The Bertz CT molecular complexity index is 233. The summed E-state index contributed by atoms with van der Waals surface area (Å²) < 4.78 is 0. The third-order valence-electron chi connectivity index (χ3n) is 2.27. The second kappa shape index (κ2) is 5.70. The zero-order chi connectivity index (χ0) is 10.4. The molecule has 5 nitrogen and oxygen atoms in total. The van der Waals surface area contributed by atoms with Crippen LogP contribution in [0.4, 0.5) is 0 Å². The van der Waals surface area contributed by atoms with E-state index in [0.29, 0.717) is 6.04 Å². The van der Waals surface area contributed by atoms with Gasteiger partial charge in [0, 0.05) is 6.04 Å². The summed E-state index contributed by atoms with van der Waals surface area (Å²) in [5.41, 5.74) is 0. The lowest BCUT2D eigenvalue weighted by Crippen LogP contribution is -2.29. The van der Waals surface area contributed by atoms with Crippen LogP contribution in [0.2, 0.25) is 0 Å². The number of nitrogens with one attached hydrogen (secondary N) is 2. The van der Waals surface area contributed by atoms with Crippen molar-refractivity contribution in [2.75, 3.05) is 0 Å². The van der Waals surface area contributed by atoms with E-state index in [1.807, 2.05) is 6.92 Å². The Balaban J connectivity index is 2.29. The van der Waals surface area contributed by atoms with Crippen molar-refractivity contribution in [2.45, 2.75) is 52.1 Å². The number of rotatable bonds is 6. The van der Waals surface area contributed by atoms with E-state index in [1.165, 1.54) is 19.3 Å². The summed E-state index contributed by atoms with van der Waals surface area (Å²) >= 11 is 0. The van der Waals surface area contributed by atoms with Gasteiger partial charge >= 0.3 is 0 Å². The van der Waals surface area contributed by atoms with E-state index in [1.54, 1.807) is 0 Å². The molecule has 1 aromatic rings. The van der Waals surface area contributed by atoms with Crippen LogP contribution in [-0.4, -0.2) is 26.7 Å². The highest BCUT2D eigenvalue weighted by Gasteiger charge is 2.12. The van der Waals surface area contributed by atoms with Gasteiger partial charge in [0.1, 0.15) is 0 Å². The average molecular weight is 197 g/mol. The maximum absolute atomic E-state index is 3.94. The summed E-state index contributed by atoms with van der Waals surface area (Å²) in [7, 11) is 0. The second-order valence-corrected chi connectivity index (χ2v) is 3.70. The maximum Gasteiger partial charge on any atom is 0.191 e. The number of tetrazole rings is 1. The topological polar surface area (TPSA) is 66.5 Å². The number of hydrogen-bond acceptors (Lipinski definition) is 4. The minimum atomic E-state index is 0.167. The molecule has 0 aromatic carbocycles. The van der Waals surface area contributed by atoms with Crippen LogP contribution in [0.15, 0.2) is 0 Å². The van der Waals surface area contributed by atoms with Crippen molar-refractivity contribution >= 4 is 0 Å². The van der Waals surface area contributed by atoms with Crippen LogP contribution in [0.3, 0.4) is 0 Å². The van der Waals surface area contributed by atoms with Crippen molar-refractivity contribution in [3.05, 3.63) is 5.82 Å². The molecule has 0 fully saturated rings. The molecule has 0 radical (unpaired) electrons. The predicted octanol–water partition coefficient (Wildman–Crippen LogP) is 1.43. The van der Waals surface area contributed by atoms with E-state index in [2.05, 4.69) is 39.8 Å². The van der Waals surface area contributed by atoms with Crippen LogP contribution >= 0.6 is 0 Å². The zero-order valence-corrected chi connectivity index (χ0v) is 9.12. The quantitative estimate of drug-likeness (QED) is 0.724. The number of H-pyrrole nitrogens is 1. The zero-order valence-electron chi connectivity index (χ0n) is 9.12. The number of hydrogen-bond donors (Lipinski definition) is 2. The summed E-state index contributed by atoms with van der Waals surface area (Å²) in [6.45, 7) is 6.44. The smallest absolute Gasteiger partial charge is 0.191 e. The number of nitrogens with zero attached hydrogens (tertiary/aromatic N) is 3. The van der Waals surface area contributed by atoms with Gasteiger partial charge in [0.2, 0.25) is 0 Å². The molecule has 0 spiro atoms. The molecule has 0 bridgehead atoms. The summed E-state index contributed by atoms with van der Waals surface area (Å²) in [6, 6.07) is 0.670. The van der Waals surface area contributed by atoms with Crippen LogP contribution in [-0.2, 0) is 0 Å². The molecule has 80 valence electrons. The Hall–Kier alpha value is -0.970. The number of unbranched alkanes of at least 4 members (excludes halogenated alkanes) is 1. The van der Waals surface area contributed by atoms with Crippen molar-refractivity contribution in [3.63, 3.8) is 0 Å². The molecule has 14 heavy (non-hydrogen) atoms. The average Bonchev–Trinajstić information content (AvgIpc) is 2.67. The molecule has 1 rings (SSSR count). The first-order chi connectivity index (χ1) is 6.74. The largest absolute Gasteiger partial charge is 0.305 e. The van der Waals surface area contributed by atoms with Crippen LogP contribution in [0, 0.1) is 0 Å². The first kappa shape index (κ1) is 11.1. The van der Waals surface area contributed by atoms with E-state index in [9.17, 15) is 0 Å². The number of aromatic amines is 1. The second-order valence-electron chi connectivity index (χ2n) is 3.70. The van der Waals surface area contributed by atoms with Crippen molar-refractivity contribution in [3.8, 4) is 0 Å².